The molecule has 5 nitrogen and oxygen atoms in total. The summed E-state index contributed by atoms with van der Waals surface area (Å²) in [5.74, 6) is -0.216. The molecular formula is C15H13N3O2. The van der Waals surface area contributed by atoms with Gasteiger partial charge in [0.25, 0.3) is 5.91 Å². The molecular weight excluding hydrogens is 254 g/mol. The van der Waals surface area contributed by atoms with E-state index in [4.69, 9.17) is 0 Å². The number of hydrogen-bond donors (Lipinski definition) is 2. The molecule has 0 aliphatic carbocycles. The number of pyridine rings is 1. The van der Waals surface area contributed by atoms with Crippen molar-refractivity contribution in [3.8, 4) is 5.75 Å². The van der Waals surface area contributed by atoms with E-state index in [9.17, 15) is 9.90 Å². The van der Waals surface area contributed by atoms with Crippen molar-refractivity contribution in [3.05, 3.63) is 66.1 Å². The fourth-order valence-electron chi connectivity index (χ4n) is 1.98. The van der Waals surface area contributed by atoms with E-state index in [1.54, 1.807) is 22.9 Å². The molecule has 0 atom stereocenters. The minimum absolute atomic E-state index is 0.0506. The van der Waals surface area contributed by atoms with Crippen LogP contribution in [-0.2, 0) is 6.54 Å². The third-order valence-corrected chi connectivity index (χ3v) is 2.99. The Kier molecular flexibility index (Phi) is 3.09. The minimum atomic E-state index is -0.267. The van der Waals surface area contributed by atoms with E-state index >= 15 is 0 Å². The third-order valence-electron chi connectivity index (χ3n) is 2.99. The molecule has 0 aliphatic heterocycles. The minimum Gasteiger partial charge on any atom is -0.504 e. The zero-order valence-electron chi connectivity index (χ0n) is 10.7. The van der Waals surface area contributed by atoms with E-state index in [0.29, 0.717) is 12.2 Å². The summed E-state index contributed by atoms with van der Waals surface area (Å²) in [7, 11) is 0. The van der Waals surface area contributed by atoms with Gasteiger partial charge in [0.1, 0.15) is 5.69 Å². The summed E-state index contributed by atoms with van der Waals surface area (Å²) in [6.45, 7) is 0.444. The van der Waals surface area contributed by atoms with Crippen molar-refractivity contribution in [1.29, 1.82) is 0 Å². The molecule has 100 valence electrons. The number of aromatic hydroxyl groups is 1. The topological polar surface area (TPSA) is 66.6 Å². The van der Waals surface area contributed by atoms with Gasteiger partial charge in [-0.25, -0.2) is 4.98 Å². The largest absolute Gasteiger partial charge is 0.504 e. The lowest BCUT2D eigenvalue weighted by Crippen LogP contribution is -2.23. The Labute approximate surface area is 115 Å². The van der Waals surface area contributed by atoms with Gasteiger partial charge in [0, 0.05) is 18.9 Å². The van der Waals surface area contributed by atoms with Crippen molar-refractivity contribution < 1.29 is 9.90 Å². The van der Waals surface area contributed by atoms with Gasteiger partial charge in [-0.1, -0.05) is 30.3 Å². The Balaban J connectivity index is 1.77. The number of hydrogen-bond acceptors (Lipinski definition) is 3. The monoisotopic (exact) mass is 267 g/mol. The highest BCUT2D eigenvalue weighted by Crippen LogP contribution is 2.16. The molecule has 0 spiro atoms. The van der Waals surface area contributed by atoms with Gasteiger partial charge < -0.3 is 14.8 Å². The van der Waals surface area contributed by atoms with Crippen LogP contribution in [0.1, 0.15) is 16.1 Å². The Morgan fingerprint density at radius 1 is 1.20 bits per heavy atom. The molecule has 20 heavy (non-hydrogen) atoms. The number of fused-ring (bicyclic) bond motifs is 1. The molecule has 0 bridgehead atoms. The summed E-state index contributed by atoms with van der Waals surface area (Å²) in [5, 5.41) is 12.5. The van der Waals surface area contributed by atoms with E-state index < -0.39 is 0 Å². The lowest BCUT2D eigenvalue weighted by atomic mass is 10.2. The van der Waals surface area contributed by atoms with Crippen LogP contribution in [0.4, 0.5) is 0 Å². The van der Waals surface area contributed by atoms with Crippen LogP contribution in [0.25, 0.3) is 5.65 Å². The maximum Gasteiger partial charge on any atom is 0.271 e. The second-order valence-electron chi connectivity index (χ2n) is 4.42. The number of aromatic nitrogens is 2. The predicted octanol–water partition coefficient (Wildman–Crippen LogP) is 1.97. The molecule has 0 radical (unpaired) electrons. The maximum atomic E-state index is 12.0. The van der Waals surface area contributed by atoms with Crippen LogP contribution in [0.3, 0.4) is 0 Å². The van der Waals surface area contributed by atoms with Crippen molar-refractivity contribution >= 4 is 11.6 Å². The fourth-order valence-corrected chi connectivity index (χ4v) is 1.98. The SMILES string of the molecule is O=C(NCc1ccccc1)c1cn2cccc(O)c2n1. The highest BCUT2D eigenvalue weighted by molar-refractivity contribution is 5.93. The predicted molar refractivity (Wildman–Crippen MR) is 74.5 cm³/mol. The van der Waals surface area contributed by atoms with Gasteiger partial charge in [0.15, 0.2) is 11.4 Å². The summed E-state index contributed by atoms with van der Waals surface area (Å²) >= 11 is 0. The highest BCUT2D eigenvalue weighted by atomic mass is 16.3. The second-order valence-corrected chi connectivity index (χ2v) is 4.42. The van der Waals surface area contributed by atoms with Crippen LogP contribution in [0.2, 0.25) is 0 Å². The summed E-state index contributed by atoms with van der Waals surface area (Å²) in [4.78, 5) is 16.2. The average Bonchev–Trinajstić information content (AvgIpc) is 2.91. The summed E-state index contributed by atoms with van der Waals surface area (Å²) in [5.41, 5.74) is 1.67. The van der Waals surface area contributed by atoms with Crippen LogP contribution < -0.4 is 5.32 Å². The molecule has 3 rings (SSSR count). The summed E-state index contributed by atoms with van der Waals surface area (Å²) < 4.78 is 1.62. The van der Waals surface area contributed by atoms with E-state index in [2.05, 4.69) is 10.3 Å². The number of rotatable bonds is 3. The Hall–Kier alpha value is -2.82. The van der Waals surface area contributed by atoms with E-state index in [1.165, 1.54) is 6.07 Å². The van der Waals surface area contributed by atoms with Gasteiger partial charge in [-0.15, -0.1) is 0 Å². The van der Waals surface area contributed by atoms with Gasteiger partial charge in [-0.05, 0) is 17.7 Å². The number of carbonyl (C=O) groups is 1. The molecule has 0 fully saturated rings. The van der Waals surface area contributed by atoms with Gasteiger partial charge in [0.2, 0.25) is 0 Å². The molecule has 0 saturated carbocycles. The van der Waals surface area contributed by atoms with Crippen molar-refractivity contribution in [2.45, 2.75) is 6.54 Å². The van der Waals surface area contributed by atoms with E-state index in [0.717, 1.165) is 5.56 Å². The number of carbonyl (C=O) groups excluding carboxylic acids is 1. The van der Waals surface area contributed by atoms with Crippen LogP contribution in [-0.4, -0.2) is 20.4 Å². The molecule has 2 N–H and O–H groups in total. The molecule has 0 saturated heterocycles. The standard InChI is InChI=1S/C15H13N3O2/c19-13-7-4-8-18-10-12(17-14(13)18)15(20)16-9-11-5-2-1-3-6-11/h1-8,10,19H,9H2,(H,16,20). The van der Waals surface area contributed by atoms with Crippen molar-refractivity contribution in [2.24, 2.45) is 0 Å². The number of amides is 1. The smallest absolute Gasteiger partial charge is 0.271 e. The molecule has 2 heterocycles. The zero-order chi connectivity index (χ0) is 13.9. The summed E-state index contributed by atoms with van der Waals surface area (Å²) in [6, 6.07) is 12.9. The first-order chi connectivity index (χ1) is 9.74. The van der Waals surface area contributed by atoms with Crippen LogP contribution in [0, 0.1) is 0 Å². The van der Waals surface area contributed by atoms with Crippen LogP contribution >= 0.6 is 0 Å². The van der Waals surface area contributed by atoms with Gasteiger partial charge >= 0.3 is 0 Å². The fraction of sp³-hybridized carbons (Fsp3) is 0.0667. The number of nitrogens with one attached hydrogen (secondary N) is 1. The lowest BCUT2D eigenvalue weighted by Gasteiger charge is -2.02. The number of benzene rings is 1. The van der Waals surface area contributed by atoms with Gasteiger partial charge in [-0.2, -0.15) is 0 Å². The molecule has 1 aromatic carbocycles. The molecule has 0 unspecified atom stereocenters. The number of nitrogens with zero attached hydrogens (tertiary/aromatic N) is 2. The first kappa shape index (κ1) is 12.2. The quantitative estimate of drug-likeness (QED) is 0.762. The van der Waals surface area contributed by atoms with Gasteiger partial charge in [0.05, 0.1) is 0 Å². The molecule has 2 aromatic heterocycles. The normalized spacial score (nSPS) is 10.6. The average molecular weight is 267 g/mol. The van der Waals surface area contributed by atoms with Crippen molar-refractivity contribution in [3.63, 3.8) is 0 Å². The molecule has 1 amide bonds. The van der Waals surface area contributed by atoms with E-state index in [1.807, 2.05) is 30.3 Å². The first-order valence-corrected chi connectivity index (χ1v) is 6.23. The highest BCUT2D eigenvalue weighted by Gasteiger charge is 2.12. The third kappa shape index (κ3) is 2.33. The Morgan fingerprint density at radius 2 is 2.00 bits per heavy atom. The van der Waals surface area contributed by atoms with Gasteiger partial charge in [-0.3, -0.25) is 4.79 Å². The molecule has 5 heteroatoms. The van der Waals surface area contributed by atoms with E-state index in [-0.39, 0.29) is 17.4 Å². The first-order valence-electron chi connectivity index (χ1n) is 6.23. The second kappa shape index (κ2) is 5.05. The zero-order valence-corrected chi connectivity index (χ0v) is 10.7. The Bertz CT molecular complexity index is 750. The Morgan fingerprint density at radius 3 is 2.75 bits per heavy atom. The maximum absolute atomic E-state index is 12.0. The van der Waals surface area contributed by atoms with Crippen LogP contribution in [0.5, 0.6) is 5.75 Å². The van der Waals surface area contributed by atoms with Crippen molar-refractivity contribution in [1.82, 2.24) is 14.7 Å². The molecule has 3 aromatic rings. The summed E-state index contributed by atoms with van der Waals surface area (Å²) in [6.07, 6.45) is 3.32. The number of imidazole rings is 1. The van der Waals surface area contributed by atoms with Crippen LogP contribution in [0.15, 0.2) is 54.9 Å². The molecule has 0 aliphatic rings. The van der Waals surface area contributed by atoms with Crippen molar-refractivity contribution in [2.75, 3.05) is 0 Å². The lowest BCUT2D eigenvalue weighted by molar-refractivity contribution is 0.0946.